The van der Waals surface area contributed by atoms with E-state index in [1.54, 1.807) is 0 Å². The van der Waals surface area contributed by atoms with Gasteiger partial charge in [0, 0.05) is 18.9 Å². The van der Waals surface area contributed by atoms with E-state index in [-0.39, 0.29) is 9.79 Å². The van der Waals surface area contributed by atoms with E-state index in [4.69, 9.17) is 11.1 Å². The van der Waals surface area contributed by atoms with Crippen molar-refractivity contribution in [3.63, 3.8) is 0 Å². The maximum atomic E-state index is 11.3. The third kappa shape index (κ3) is 2.90. The summed E-state index contributed by atoms with van der Waals surface area (Å²) in [5, 5.41) is 0. The Bertz CT molecular complexity index is 686. The van der Waals surface area contributed by atoms with Crippen LogP contribution in [0.3, 0.4) is 0 Å². The normalized spacial score (nSPS) is 11.1. The number of hydrogen-bond donors (Lipinski definition) is 0. The predicted octanol–water partition coefficient (Wildman–Crippen LogP) is 1.68. The van der Waals surface area contributed by atoms with Gasteiger partial charge < -0.3 is 0 Å². The fourth-order valence-corrected chi connectivity index (χ4v) is 2.31. The number of sulfonamides is 2. The molecule has 0 aliphatic carbocycles. The van der Waals surface area contributed by atoms with E-state index in [9.17, 15) is 16.8 Å². The molecule has 0 saturated heterocycles. The van der Waals surface area contributed by atoms with Gasteiger partial charge in [-0.3, -0.25) is 0 Å². The van der Waals surface area contributed by atoms with Gasteiger partial charge in [0.15, 0.2) is 0 Å². The van der Waals surface area contributed by atoms with Gasteiger partial charge in [0.1, 0.15) is 0 Å². The number of hydrogen-bond acceptors (Lipinski definition) is 4. The Labute approximate surface area is 101 Å². The molecule has 0 atom stereocenters. The molecule has 0 radical (unpaired) electrons. The first-order valence-corrected chi connectivity index (χ1v) is 6.94. The minimum atomic E-state index is -4.17. The zero-order valence-corrected chi connectivity index (χ0v) is 10.1. The zero-order chi connectivity index (χ0) is 13.8. The quantitative estimate of drug-likeness (QED) is 0.467. The molecule has 0 heterocycles. The van der Waals surface area contributed by atoms with E-state index in [1.165, 1.54) is 0 Å². The van der Waals surface area contributed by atoms with E-state index in [2.05, 4.69) is 18.9 Å². The van der Waals surface area contributed by atoms with Crippen molar-refractivity contribution >= 4 is 20.0 Å². The van der Waals surface area contributed by atoms with Crippen LogP contribution in [0.5, 0.6) is 0 Å². The third-order valence-corrected chi connectivity index (χ3v) is 4.02. The first-order valence-electron chi connectivity index (χ1n) is 4.06. The Hall–Kier alpha value is -2.26. The second-order valence-corrected chi connectivity index (χ2v) is 5.93. The number of benzene rings is 1. The molecule has 1 aromatic rings. The van der Waals surface area contributed by atoms with Crippen LogP contribution in [0.4, 0.5) is 0 Å². The van der Waals surface area contributed by atoms with Gasteiger partial charge in [0.2, 0.25) is 0 Å². The molecule has 1 rings (SSSR count). The summed E-state index contributed by atoms with van der Waals surface area (Å²) in [5.41, 5.74) is 16.1. The summed E-state index contributed by atoms with van der Waals surface area (Å²) in [4.78, 5) is 3.52. The van der Waals surface area contributed by atoms with Crippen molar-refractivity contribution in [3.8, 4) is 0 Å². The molecule has 12 heteroatoms. The van der Waals surface area contributed by atoms with Crippen molar-refractivity contribution in [2.24, 2.45) is 9.04 Å². The van der Waals surface area contributed by atoms with Crippen LogP contribution < -0.4 is 0 Å². The van der Waals surface area contributed by atoms with Gasteiger partial charge >= 0.3 is 0 Å². The fourth-order valence-electron chi connectivity index (χ4n) is 0.974. The smallest absolute Gasteiger partial charge is 0.216 e. The highest BCUT2D eigenvalue weighted by Gasteiger charge is 2.15. The number of rotatable bonds is 4. The minimum Gasteiger partial charge on any atom is -0.216 e. The van der Waals surface area contributed by atoms with Crippen LogP contribution in [0.25, 0.3) is 20.9 Å². The van der Waals surface area contributed by atoms with Crippen LogP contribution in [0.2, 0.25) is 0 Å². The van der Waals surface area contributed by atoms with Gasteiger partial charge in [-0.2, -0.15) is 0 Å². The van der Waals surface area contributed by atoms with Gasteiger partial charge in [-0.25, -0.2) is 16.8 Å². The number of azide groups is 2. The van der Waals surface area contributed by atoms with E-state index in [0.29, 0.717) is 0 Å². The molecule has 0 amide bonds. The minimum absolute atomic E-state index is 0.375. The van der Waals surface area contributed by atoms with Crippen molar-refractivity contribution in [1.82, 2.24) is 0 Å². The second-order valence-electron chi connectivity index (χ2n) is 2.76. The largest absolute Gasteiger partial charge is 0.264 e. The van der Waals surface area contributed by atoms with E-state index < -0.39 is 20.0 Å². The lowest BCUT2D eigenvalue weighted by Crippen LogP contribution is -1.98. The average Bonchev–Trinajstić information content (AvgIpc) is 2.29. The molecular weight excluding hydrogens is 284 g/mol. The van der Waals surface area contributed by atoms with Gasteiger partial charge in [-0.05, 0) is 35.3 Å². The molecule has 0 fully saturated rings. The fraction of sp³-hybridized carbons (Fsp3) is 0. The Morgan fingerprint density at radius 1 is 0.778 bits per heavy atom. The molecule has 0 aromatic heterocycles. The molecular formula is C6H4N6O4S2. The van der Waals surface area contributed by atoms with Crippen LogP contribution in [-0.2, 0) is 20.0 Å². The second kappa shape index (κ2) is 4.94. The monoisotopic (exact) mass is 288 g/mol. The first kappa shape index (κ1) is 13.8. The molecule has 94 valence electrons. The van der Waals surface area contributed by atoms with Crippen LogP contribution in [0.1, 0.15) is 0 Å². The highest BCUT2D eigenvalue weighted by molar-refractivity contribution is 7.90. The Morgan fingerprint density at radius 3 is 1.28 bits per heavy atom. The summed E-state index contributed by atoms with van der Waals surface area (Å²) >= 11 is 0. The topological polar surface area (TPSA) is 166 Å². The summed E-state index contributed by atoms with van der Waals surface area (Å²) in [6.07, 6.45) is 0. The van der Waals surface area contributed by atoms with Crippen LogP contribution in [0.15, 0.2) is 43.1 Å². The Kier molecular flexibility index (Phi) is 3.79. The van der Waals surface area contributed by atoms with Gasteiger partial charge in [-0.15, -0.1) is 0 Å². The summed E-state index contributed by atoms with van der Waals surface area (Å²) in [7, 11) is -8.35. The van der Waals surface area contributed by atoms with Crippen molar-refractivity contribution in [1.29, 1.82) is 0 Å². The maximum absolute atomic E-state index is 11.3. The van der Waals surface area contributed by atoms with Gasteiger partial charge in [0.25, 0.3) is 20.0 Å². The summed E-state index contributed by atoms with van der Waals surface area (Å²) < 4.78 is 50.2. The first-order chi connectivity index (χ1) is 8.33. The molecule has 0 unspecified atom stereocenters. The van der Waals surface area contributed by atoms with Crippen molar-refractivity contribution < 1.29 is 16.8 Å². The lowest BCUT2D eigenvalue weighted by Gasteiger charge is -1.99. The predicted molar refractivity (Wildman–Crippen MR) is 59.1 cm³/mol. The van der Waals surface area contributed by atoms with E-state index >= 15 is 0 Å². The SMILES string of the molecule is [N-]=[N+]=NS(=O)(=O)c1ccc(S(=O)(=O)N=[N+]=[N-])cc1. The molecule has 0 N–H and O–H groups in total. The zero-order valence-electron chi connectivity index (χ0n) is 8.44. The molecule has 18 heavy (non-hydrogen) atoms. The molecule has 0 aliphatic heterocycles. The van der Waals surface area contributed by atoms with Crippen molar-refractivity contribution in [2.75, 3.05) is 0 Å². The summed E-state index contributed by atoms with van der Waals surface area (Å²) in [6, 6.07) is 3.68. The molecule has 0 bridgehead atoms. The van der Waals surface area contributed by atoms with Crippen LogP contribution in [-0.4, -0.2) is 16.8 Å². The van der Waals surface area contributed by atoms with Crippen LogP contribution >= 0.6 is 0 Å². The van der Waals surface area contributed by atoms with Crippen molar-refractivity contribution in [2.45, 2.75) is 9.79 Å². The molecule has 0 saturated carbocycles. The number of nitrogens with zero attached hydrogens (tertiary/aromatic N) is 6. The Morgan fingerprint density at radius 2 is 1.06 bits per heavy atom. The molecule has 10 nitrogen and oxygen atoms in total. The van der Waals surface area contributed by atoms with Crippen LogP contribution in [0, 0.1) is 0 Å². The maximum Gasteiger partial charge on any atom is 0.264 e. The van der Waals surface area contributed by atoms with E-state index in [1.807, 2.05) is 0 Å². The van der Waals surface area contributed by atoms with Crippen molar-refractivity contribution in [3.05, 3.63) is 45.2 Å². The highest BCUT2D eigenvalue weighted by Crippen LogP contribution is 2.17. The molecule has 1 aromatic carbocycles. The van der Waals surface area contributed by atoms with E-state index in [0.717, 1.165) is 24.3 Å². The van der Waals surface area contributed by atoms with Gasteiger partial charge in [-0.1, -0.05) is 0 Å². The molecule has 0 aliphatic rings. The highest BCUT2D eigenvalue weighted by atomic mass is 32.2. The molecule has 0 spiro atoms. The lowest BCUT2D eigenvalue weighted by molar-refractivity contribution is 0.593. The third-order valence-electron chi connectivity index (χ3n) is 1.71. The standard InChI is InChI=1S/C6H4N6O4S2/c7-9-11-17(13,14)5-1-2-6(4-3-5)18(15,16)12-10-8/h1-4H. The van der Waals surface area contributed by atoms with Gasteiger partial charge in [0.05, 0.1) is 9.79 Å². The average molecular weight is 288 g/mol. The Balaban J connectivity index is 3.32. The lowest BCUT2D eigenvalue weighted by atomic mass is 10.4. The summed E-state index contributed by atoms with van der Waals surface area (Å²) in [5.74, 6) is 0. The summed E-state index contributed by atoms with van der Waals surface area (Å²) in [6.45, 7) is 0.